The first-order chi connectivity index (χ1) is 8.21. The maximum atomic E-state index is 6.40. The van der Waals surface area contributed by atoms with Crippen LogP contribution in [0.3, 0.4) is 0 Å². The van der Waals surface area contributed by atoms with E-state index in [9.17, 15) is 0 Å². The van der Waals surface area contributed by atoms with Crippen molar-refractivity contribution in [1.29, 1.82) is 0 Å². The van der Waals surface area contributed by atoms with Crippen LogP contribution in [0.5, 0.6) is 0 Å². The molecule has 0 N–H and O–H groups in total. The van der Waals surface area contributed by atoms with E-state index in [4.69, 9.17) is 9.16 Å². The number of halogens is 1. The van der Waals surface area contributed by atoms with Crippen molar-refractivity contribution >= 4 is 24.2 Å². The molecule has 18 heavy (non-hydrogen) atoms. The highest BCUT2D eigenvalue weighted by Crippen LogP contribution is 2.38. The summed E-state index contributed by atoms with van der Waals surface area (Å²) >= 11 is 3.59. The number of rotatable bonds is 2. The normalized spacial score (nSPS) is 23.9. The summed E-state index contributed by atoms with van der Waals surface area (Å²) in [5, 5.41) is 0. The summed E-state index contributed by atoms with van der Waals surface area (Å²) < 4.78 is 13.3. The van der Waals surface area contributed by atoms with E-state index in [1.165, 1.54) is 16.7 Å². The smallest absolute Gasteiger partial charge is 0.185 e. The Kier molecular flexibility index (Phi) is 3.76. The maximum Gasteiger partial charge on any atom is 0.185 e. The number of hydrogen-bond donors (Lipinski definition) is 0. The fraction of sp³-hybridized carbons (Fsp3) is 0.571. The lowest BCUT2D eigenvalue weighted by Crippen LogP contribution is -2.44. The van der Waals surface area contributed by atoms with Crippen LogP contribution in [-0.2, 0) is 21.4 Å². The van der Waals surface area contributed by atoms with E-state index in [0.29, 0.717) is 13.2 Å². The van der Waals surface area contributed by atoms with Gasteiger partial charge in [0, 0.05) is 4.47 Å². The SMILES string of the molecule is Cc1cc(Br)cc2c1COCC2(C)O[Si](C)(C)C. The number of ether oxygens (including phenoxy) is 1. The summed E-state index contributed by atoms with van der Waals surface area (Å²) in [5.41, 5.74) is 3.52. The highest BCUT2D eigenvalue weighted by Gasteiger charge is 2.38. The van der Waals surface area contributed by atoms with E-state index < -0.39 is 8.32 Å². The zero-order chi connectivity index (χ0) is 13.6. The molecule has 1 atom stereocenters. The van der Waals surface area contributed by atoms with Gasteiger partial charge in [-0.25, -0.2) is 0 Å². The van der Waals surface area contributed by atoms with E-state index in [1.807, 2.05) is 0 Å². The summed E-state index contributed by atoms with van der Waals surface area (Å²) in [6.45, 7) is 12.3. The molecule has 2 nitrogen and oxygen atoms in total. The topological polar surface area (TPSA) is 18.5 Å². The van der Waals surface area contributed by atoms with Crippen LogP contribution in [0, 0.1) is 6.92 Å². The second-order valence-electron chi connectivity index (χ2n) is 6.19. The average Bonchev–Trinajstić information content (AvgIpc) is 2.16. The van der Waals surface area contributed by atoms with E-state index in [-0.39, 0.29) is 5.60 Å². The van der Waals surface area contributed by atoms with E-state index in [0.717, 1.165) is 4.47 Å². The fourth-order valence-corrected chi connectivity index (χ4v) is 4.72. The average molecular weight is 329 g/mol. The van der Waals surface area contributed by atoms with Gasteiger partial charge >= 0.3 is 0 Å². The maximum absolute atomic E-state index is 6.40. The number of benzene rings is 1. The van der Waals surface area contributed by atoms with Crippen molar-refractivity contribution in [3.63, 3.8) is 0 Å². The molecule has 1 aliphatic heterocycles. The second-order valence-corrected chi connectivity index (χ2v) is 11.5. The highest BCUT2D eigenvalue weighted by molar-refractivity contribution is 9.10. The molecule has 0 radical (unpaired) electrons. The molecule has 0 aliphatic carbocycles. The molecule has 0 aromatic heterocycles. The highest BCUT2D eigenvalue weighted by atomic mass is 79.9. The van der Waals surface area contributed by atoms with Crippen LogP contribution < -0.4 is 0 Å². The first-order valence-corrected chi connectivity index (χ1v) is 10.5. The minimum Gasteiger partial charge on any atom is -0.406 e. The van der Waals surface area contributed by atoms with Crippen LogP contribution in [0.4, 0.5) is 0 Å². The Bertz CT molecular complexity index is 468. The monoisotopic (exact) mass is 328 g/mol. The molecule has 1 aliphatic rings. The van der Waals surface area contributed by atoms with E-state index in [1.54, 1.807) is 0 Å². The molecule has 0 saturated carbocycles. The van der Waals surface area contributed by atoms with Crippen LogP contribution >= 0.6 is 15.9 Å². The molecule has 0 bridgehead atoms. The molecule has 0 saturated heterocycles. The van der Waals surface area contributed by atoms with Crippen molar-refractivity contribution in [2.45, 2.75) is 45.7 Å². The van der Waals surface area contributed by atoms with Gasteiger partial charge in [-0.1, -0.05) is 15.9 Å². The molecule has 1 aromatic rings. The molecular weight excluding hydrogens is 308 g/mol. The lowest BCUT2D eigenvalue weighted by Gasteiger charge is -2.41. The number of aryl methyl sites for hydroxylation is 1. The minimum absolute atomic E-state index is 0.313. The lowest BCUT2D eigenvalue weighted by molar-refractivity contribution is -0.0481. The lowest BCUT2D eigenvalue weighted by atomic mass is 9.88. The van der Waals surface area contributed by atoms with Gasteiger partial charge in [-0.3, -0.25) is 0 Å². The van der Waals surface area contributed by atoms with Gasteiger partial charge in [0.25, 0.3) is 0 Å². The van der Waals surface area contributed by atoms with Gasteiger partial charge in [-0.2, -0.15) is 0 Å². The number of hydrogen-bond acceptors (Lipinski definition) is 2. The fourth-order valence-electron chi connectivity index (χ4n) is 2.62. The Morgan fingerprint density at radius 3 is 2.61 bits per heavy atom. The molecule has 2 rings (SSSR count). The van der Waals surface area contributed by atoms with Gasteiger partial charge in [0.1, 0.15) is 5.60 Å². The standard InChI is InChI=1S/C14H21BrO2Si/c1-10-6-11(15)7-13-12(10)8-16-9-14(13,2)17-18(3,4)5/h6-7H,8-9H2,1-5H3. The van der Waals surface area contributed by atoms with Crippen LogP contribution in [0.15, 0.2) is 16.6 Å². The molecule has 100 valence electrons. The Hall–Kier alpha value is -0.163. The van der Waals surface area contributed by atoms with Crippen LogP contribution in [0.2, 0.25) is 19.6 Å². The molecule has 4 heteroatoms. The Morgan fingerprint density at radius 2 is 2.00 bits per heavy atom. The van der Waals surface area contributed by atoms with Crippen molar-refractivity contribution in [2.24, 2.45) is 0 Å². The van der Waals surface area contributed by atoms with Gasteiger partial charge in [-0.15, -0.1) is 0 Å². The number of fused-ring (bicyclic) bond motifs is 1. The molecular formula is C14H21BrO2Si. The molecule has 1 heterocycles. The largest absolute Gasteiger partial charge is 0.406 e. The van der Waals surface area contributed by atoms with Gasteiger partial charge in [0.15, 0.2) is 8.32 Å². The predicted octanol–water partition coefficient (Wildman–Crippen LogP) is 4.35. The summed E-state index contributed by atoms with van der Waals surface area (Å²) in [6, 6.07) is 4.33. The van der Waals surface area contributed by atoms with Crippen molar-refractivity contribution in [3.05, 3.63) is 33.3 Å². The van der Waals surface area contributed by atoms with Crippen LogP contribution in [0.25, 0.3) is 0 Å². The van der Waals surface area contributed by atoms with Crippen molar-refractivity contribution < 1.29 is 9.16 Å². The van der Waals surface area contributed by atoms with Crippen molar-refractivity contribution in [1.82, 2.24) is 0 Å². The van der Waals surface area contributed by atoms with Gasteiger partial charge in [0.2, 0.25) is 0 Å². The summed E-state index contributed by atoms with van der Waals surface area (Å²) in [6.07, 6.45) is 0. The molecule has 0 spiro atoms. The van der Waals surface area contributed by atoms with E-state index >= 15 is 0 Å². The minimum atomic E-state index is -1.62. The zero-order valence-corrected chi connectivity index (χ0v) is 14.3. The van der Waals surface area contributed by atoms with Gasteiger partial charge in [-0.05, 0) is 62.3 Å². The summed E-state index contributed by atoms with van der Waals surface area (Å²) in [4.78, 5) is 0. The van der Waals surface area contributed by atoms with Crippen molar-refractivity contribution in [2.75, 3.05) is 6.61 Å². The Labute approximate surface area is 119 Å². The Balaban J connectivity index is 2.50. The van der Waals surface area contributed by atoms with Crippen LogP contribution in [-0.4, -0.2) is 14.9 Å². The first kappa shape index (κ1) is 14.3. The third-order valence-electron chi connectivity index (χ3n) is 3.16. The van der Waals surface area contributed by atoms with E-state index in [2.05, 4.69) is 61.6 Å². The summed E-state index contributed by atoms with van der Waals surface area (Å²) in [7, 11) is -1.62. The quantitative estimate of drug-likeness (QED) is 0.751. The third-order valence-corrected chi connectivity index (χ3v) is 4.68. The van der Waals surface area contributed by atoms with Crippen LogP contribution in [0.1, 0.15) is 23.6 Å². The van der Waals surface area contributed by atoms with Gasteiger partial charge < -0.3 is 9.16 Å². The second kappa shape index (κ2) is 4.74. The third kappa shape index (κ3) is 2.87. The summed E-state index contributed by atoms with van der Waals surface area (Å²) in [5.74, 6) is 0. The molecule has 1 unspecified atom stereocenters. The van der Waals surface area contributed by atoms with Gasteiger partial charge in [0.05, 0.1) is 13.2 Å². The predicted molar refractivity (Wildman–Crippen MR) is 80.3 cm³/mol. The first-order valence-electron chi connectivity index (χ1n) is 6.29. The molecule has 0 fully saturated rings. The Morgan fingerprint density at radius 1 is 1.33 bits per heavy atom. The zero-order valence-electron chi connectivity index (χ0n) is 11.8. The molecule has 1 aromatic carbocycles. The molecule has 0 amide bonds. The van der Waals surface area contributed by atoms with Crippen molar-refractivity contribution in [3.8, 4) is 0 Å².